The van der Waals surface area contributed by atoms with E-state index in [1.807, 2.05) is 128 Å². The number of nitrogens with zero attached hydrogens (tertiary/aromatic N) is 2. The molecule has 2 N–H and O–H groups in total. The van der Waals surface area contributed by atoms with Crippen LogP contribution in [0.2, 0.25) is 0 Å². The maximum Gasteiger partial charge on any atom is 0.130 e. The molecule has 49 heavy (non-hydrogen) atoms. The summed E-state index contributed by atoms with van der Waals surface area (Å²) in [7, 11) is 0. The second kappa shape index (κ2) is 15.8. The van der Waals surface area contributed by atoms with Gasteiger partial charge >= 0.3 is 0 Å². The molecule has 6 heteroatoms. The zero-order chi connectivity index (χ0) is 33.8. The number of hydrogen-bond acceptors (Lipinski definition) is 6. The zero-order valence-electron chi connectivity index (χ0n) is 26.9. The summed E-state index contributed by atoms with van der Waals surface area (Å²) in [5, 5.41) is 21.8. The Bertz CT molecular complexity index is 2140. The van der Waals surface area contributed by atoms with Crippen LogP contribution in [0.15, 0.2) is 168 Å². The van der Waals surface area contributed by atoms with Crippen LogP contribution in [0.3, 0.4) is 0 Å². The van der Waals surface area contributed by atoms with Crippen LogP contribution < -0.4 is 9.47 Å². The maximum atomic E-state index is 10.9. The Kier molecular flexibility index (Phi) is 10.4. The van der Waals surface area contributed by atoms with Crippen molar-refractivity contribution in [3.8, 4) is 23.0 Å². The van der Waals surface area contributed by atoms with Gasteiger partial charge in [0.05, 0.1) is 22.5 Å². The monoisotopic (exact) mass is 642 g/mol. The van der Waals surface area contributed by atoms with Gasteiger partial charge in [0.15, 0.2) is 0 Å². The zero-order valence-corrected chi connectivity index (χ0v) is 26.9. The fourth-order valence-corrected chi connectivity index (χ4v) is 5.09. The van der Waals surface area contributed by atoms with Crippen molar-refractivity contribution in [3.05, 3.63) is 180 Å². The first-order valence-corrected chi connectivity index (χ1v) is 15.9. The highest BCUT2D eigenvalue weighted by Crippen LogP contribution is 2.34. The number of benzene rings is 6. The minimum Gasteiger partial charge on any atom is -0.507 e. The Labute approximate surface area is 285 Å². The van der Waals surface area contributed by atoms with Gasteiger partial charge in [-0.05, 0) is 90.5 Å². The van der Waals surface area contributed by atoms with Gasteiger partial charge in [0.25, 0.3) is 0 Å². The highest BCUT2D eigenvalue weighted by atomic mass is 16.5. The van der Waals surface area contributed by atoms with E-state index in [1.54, 1.807) is 36.4 Å². The molecule has 0 bridgehead atoms. The van der Waals surface area contributed by atoms with E-state index in [0.29, 0.717) is 33.8 Å². The molecular formula is C43H34N2O4. The Morgan fingerprint density at radius 1 is 0.551 bits per heavy atom. The Morgan fingerprint density at radius 2 is 0.959 bits per heavy atom. The summed E-state index contributed by atoms with van der Waals surface area (Å²) in [4.78, 5) is 9.07. The first kappa shape index (κ1) is 32.4. The quantitative estimate of drug-likeness (QED) is 0.138. The summed E-state index contributed by atoms with van der Waals surface area (Å²) in [5.74, 6) is 7.58. The van der Waals surface area contributed by atoms with Crippen LogP contribution >= 0.6 is 0 Å². The fraction of sp³-hybridized carbons (Fsp3) is 0.0698. The van der Waals surface area contributed by atoms with Crippen LogP contribution in [0.25, 0.3) is 11.1 Å². The van der Waals surface area contributed by atoms with E-state index in [4.69, 9.17) is 9.47 Å². The van der Waals surface area contributed by atoms with Crippen LogP contribution in [-0.4, -0.2) is 34.7 Å². The summed E-state index contributed by atoms with van der Waals surface area (Å²) in [6.45, 7) is 2.13. The van der Waals surface area contributed by atoms with Crippen molar-refractivity contribution in [1.82, 2.24) is 0 Å². The van der Waals surface area contributed by atoms with Gasteiger partial charge in [-0.1, -0.05) is 97.1 Å². The van der Waals surface area contributed by atoms with Crippen molar-refractivity contribution in [2.45, 2.75) is 13.0 Å². The smallest absolute Gasteiger partial charge is 0.130 e. The molecule has 6 aromatic rings. The van der Waals surface area contributed by atoms with Gasteiger partial charge in [-0.3, -0.25) is 0 Å². The van der Waals surface area contributed by atoms with Crippen LogP contribution in [0.5, 0.6) is 23.0 Å². The SMILES string of the molecule is CC(COc1ccc(O)c(C(=C=Nc2ccccc2)c2ccccc2)c1)Oc1ccc(O)c(C(=C=Nc2ccccc2)c2ccccc2)c1. The van der Waals surface area contributed by atoms with Crippen molar-refractivity contribution in [3.63, 3.8) is 0 Å². The van der Waals surface area contributed by atoms with Crippen molar-refractivity contribution in [1.29, 1.82) is 0 Å². The van der Waals surface area contributed by atoms with E-state index in [9.17, 15) is 10.2 Å². The summed E-state index contributed by atoms with van der Waals surface area (Å²) in [6, 6.07) is 48.7. The first-order chi connectivity index (χ1) is 24.0. The highest BCUT2D eigenvalue weighted by Gasteiger charge is 2.15. The minimum absolute atomic E-state index is 0.0839. The second-order valence-electron chi connectivity index (χ2n) is 11.2. The summed E-state index contributed by atoms with van der Waals surface area (Å²) in [6.07, 6.45) is -0.361. The van der Waals surface area contributed by atoms with E-state index in [2.05, 4.69) is 21.7 Å². The number of para-hydroxylation sites is 2. The molecule has 0 radical (unpaired) electrons. The van der Waals surface area contributed by atoms with Crippen molar-refractivity contribution < 1.29 is 19.7 Å². The number of aromatic hydroxyl groups is 2. The molecule has 6 nitrogen and oxygen atoms in total. The van der Waals surface area contributed by atoms with Crippen LogP contribution in [0.1, 0.15) is 29.2 Å². The molecule has 0 aromatic heterocycles. The summed E-state index contributed by atoms with van der Waals surface area (Å²) in [5.41, 5.74) is 5.55. The van der Waals surface area contributed by atoms with E-state index >= 15 is 0 Å². The second-order valence-corrected chi connectivity index (χ2v) is 11.2. The first-order valence-electron chi connectivity index (χ1n) is 15.9. The van der Waals surface area contributed by atoms with Crippen molar-refractivity contribution in [2.75, 3.05) is 6.61 Å². The van der Waals surface area contributed by atoms with E-state index in [1.165, 1.54) is 0 Å². The lowest BCUT2D eigenvalue weighted by Crippen LogP contribution is -2.21. The molecule has 0 saturated heterocycles. The van der Waals surface area contributed by atoms with Gasteiger partial charge < -0.3 is 19.7 Å². The Balaban J connectivity index is 1.23. The molecule has 240 valence electrons. The number of rotatable bonds is 11. The van der Waals surface area contributed by atoms with E-state index in [-0.39, 0.29) is 24.2 Å². The molecule has 6 aromatic carbocycles. The Hall–Kier alpha value is -6.58. The van der Waals surface area contributed by atoms with Gasteiger partial charge in [0, 0.05) is 11.1 Å². The molecule has 0 fully saturated rings. The third kappa shape index (κ3) is 8.62. The number of hydrogen-bond donors (Lipinski definition) is 2. The van der Waals surface area contributed by atoms with Gasteiger partial charge in [-0.2, -0.15) is 0 Å². The number of phenolic OH excluding ortho intramolecular Hbond substituents is 2. The van der Waals surface area contributed by atoms with E-state index in [0.717, 1.165) is 22.5 Å². The third-order valence-electron chi connectivity index (χ3n) is 7.53. The highest BCUT2D eigenvalue weighted by molar-refractivity contribution is 6.02. The summed E-state index contributed by atoms with van der Waals surface area (Å²) >= 11 is 0. The standard InChI is InChI=1S/C43H34N2O4/c1-31(49-37-23-25-43(47)39(27-37)41(33-16-8-3-9-17-33)29-45-35-20-12-5-13-21-35)30-48-36-22-24-42(46)38(26-36)40(32-14-6-2-7-15-32)28-44-34-18-10-4-11-19-34/h2-27,31,46-47H,30H2,1H3. The van der Waals surface area contributed by atoms with Gasteiger partial charge in [-0.25, -0.2) is 9.98 Å². The number of phenols is 2. The number of aliphatic imine (C=N–C) groups is 2. The average Bonchev–Trinajstić information content (AvgIpc) is 3.15. The molecule has 0 saturated carbocycles. The molecule has 0 amide bonds. The molecule has 0 aliphatic heterocycles. The normalized spacial score (nSPS) is 11.0. The molecule has 6 rings (SSSR count). The molecule has 0 heterocycles. The van der Waals surface area contributed by atoms with Gasteiger partial charge in [0.1, 0.15) is 35.7 Å². The molecule has 0 aliphatic rings. The lowest BCUT2D eigenvalue weighted by Gasteiger charge is -2.18. The molecular weight excluding hydrogens is 608 g/mol. The lowest BCUT2D eigenvalue weighted by molar-refractivity contribution is 0.143. The summed E-state index contributed by atoms with van der Waals surface area (Å²) < 4.78 is 12.4. The van der Waals surface area contributed by atoms with Gasteiger partial charge in [0.2, 0.25) is 0 Å². The number of ether oxygens (including phenoxy) is 2. The van der Waals surface area contributed by atoms with Crippen LogP contribution in [-0.2, 0) is 0 Å². The topological polar surface area (TPSA) is 83.6 Å². The predicted molar refractivity (Wildman–Crippen MR) is 197 cm³/mol. The average molecular weight is 643 g/mol. The van der Waals surface area contributed by atoms with Crippen LogP contribution in [0.4, 0.5) is 11.4 Å². The van der Waals surface area contributed by atoms with Crippen molar-refractivity contribution >= 4 is 34.3 Å². The van der Waals surface area contributed by atoms with Gasteiger partial charge in [-0.15, -0.1) is 0 Å². The lowest BCUT2D eigenvalue weighted by atomic mass is 9.98. The third-order valence-corrected chi connectivity index (χ3v) is 7.53. The minimum atomic E-state index is -0.361. The Morgan fingerprint density at radius 3 is 1.43 bits per heavy atom. The van der Waals surface area contributed by atoms with E-state index < -0.39 is 0 Å². The van der Waals surface area contributed by atoms with Crippen LogP contribution in [0, 0.1) is 0 Å². The molecule has 0 spiro atoms. The molecule has 1 atom stereocenters. The largest absolute Gasteiger partial charge is 0.507 e. The molecule has 0 aliphatic carbocycles. The molecule has 1 unspecified atom stereocenters. The maximum absolute atomic E-state index is 10.9. The predicted octanol–water partition coefficient (Wildman–Crippen LogP) is 9.81. The van der Waals surface area contributed by atoms with Crippen molar-refractivity contribution in [2.24, 2.45) is 9.98 Å². The fourth-order valence-electron chi connectivity index (χ4n) is 5.09.